The first-order valence-electron chi connectivity index (χ1n) is 12.7. The highest BCUT2D eigenvalue weighted by molar-refractivity contribution is 6.12. The van der Waals surface area contributed by atoms with Crippen LogP contribution >= 0.6 is 0 Å². The highest BCUT2D eigenvalue weighted by atomic mass is 16.7. The van der Waals surface area contributed by atoms with Gasteiger partial charge >= 0.3 is 6.16 Å². The molecule has 1 aliphatic rings. The van der Waals surface area contributed by atoms with Crippen molar-refractivity contribution < 1.29 is 53.3 Å². The van der Waals surface area contributed by atoms with E-state index in [1.165, 1.54) is 36.4 Å². The molecule has 0 aliphatic carbocycles. The Labute approximate surface area is 237 Å². The van der Waals surface area contributed by atoms with E-state index in [-0.39, 0.29) is 67.4 Å². The van der Waals surface area contributed by atoms with Crippen LogP contribution in [0.3, 0.4) is 0 Å². The predicted octanol–water partition coefficient (Wildman–Crippen LogP) is 1.33. The molecule has 2 rings (SSSR count). The summed E-state index contributed by atoms with van der Waals surface area (Å²) in [5, 5.41) is 13.6. The Morgan fingerprint density at radius 1 is 0.951 bits per heavy atom. The van der Waals surface area contributed by atoms with Crippen LogP contribution in [0, 0.1) is 10.1 Å². The van der Waals surface area contributed by atoms with E-state index >= 15 is 0 Å². The maximum atomic E-state index is 12.7. The fourth-order valence-electron chi connectivity index (χ4n) is 3.54. The van der Waals surface area contributed by atoms with Crippen molar-refractivity contribution >= 4 is 29.6 Å². The second kappa shape index (κ2) is 18.4. The molecule has 15 nitrogen and oxygen atoms in total. The summed E-state index contributed by atoms with van der Waals surface area (Å²) in [4.78, 5) is 59.4. The third-order valence-corrected chi connectivity index (χ3v) is 5.61. The molecule has 3 amide bonds. The molecule has 1 aliphatic heterocycles. The van der Waals surface area contributed by atoms with Crippen LogP contribution in [0.15, 0.2) is 36.4 Å². The van der Waals surface area contributed by atoms with Gasteiger partial charge < -0.3 is 34.5 Å². The number of hydrogen-bond donors (Lipinski definition) is 1. The van der Waals surface area contributed by atoms with Gasteiger partial charge in [0, 0.05) is 44.4 Å². The molecule has 0 fully saturated rings. The molecule has 41 heavy (non-hydrogen) atoms. The van der Waals surface area contributed by atoms with Crippen molar-refractivity contribution in [1.82, 2.24) is 10.2 Å². The van der Waals surface area contributed by atoms with Crippen LogP contribution in [-0.4, -0.2) is 98.0 Å². The number of carbonyl (C=O) groups is 4. The lowest BCUT2D eigenvalue weighted by atomic mass is 10.0. The highest BCUT2D eigenvalue weighted by Gasteiger charge is 2.29. The SMILES string of the molecule is COCCOCCOCC(C)(COC(=O)Oc1ccc([N+](=O)[O-])cc1)NC(=O)CCCCCN1C(=O)C=CC1=O.O. The van der Waals surface area contributed by atoms with E-state index in [1.54, 1.807) is 14.0 Å². The Morgan fingerprint density at radius 3 is 2.22 bits per heavy atom. The monoisotopic (exact) mass is 583 g/mol. The molecular formula is C26H37N3O12. The molecular weight excluding hydrogens is 546 g/mol. The molecule has 1 aromatic carbocycles. The molecule has 3 N–H and O–H groups in total. The highest BCUT2D eigenvalue weighted by Crippen LogP contribution is 2.18. The van der Waals surface area contributed by atoms with E-state index < -0.39 is 16.6 Å². The van der Waals surface area contributed by atoms with E-state index in [1.807, 2.05) is 0 Å². The van der Waals surface area contributed by atoms with E-state index in [0.717, 1.165) is 4.90 Å². The number of methoxy groups -OCH3 is 1. The molecule has 1 atom stereocenters. The minimum atomic E-state index is -1.10. The smallest absolute Gasteiger partial charge is 0.431 e. The Hall–Kier alpha value is -3.92. The summed E-state index contributed by atoms with van der Waals surface area (Å²) in [6, 6.07) is 4.90. The molecule has 0 radical (unpaired) electrons. The van der Waals surface area contributed by atoms with Gasteiger partial charge in [-0.05, 0) is 31.9 Å². The summed E-state index contributed by atoms with van der Waals surface area (Å²) in [6.07, 6.45) is 3.27. The summed E-state index contributed by atoms with van der Waals surface area (Å²) < 4.78 is 26.1. The quantitative estimate of drug-likeness (QED) is 0.0614. The van der Waals surface area contributed by atoms with Crippen molar-refractivity contribution in [2.75, 3.05) is 53.3 Å². The fourth-order valence-corrected chi connectivity index (χ4v) is 3.54. The summed E-state index contributed by atoms with van der Waals surface area (Å²) in [6.45, 7) is 3.04. The number of carbonyl (C=O) groups excluding carboxylic acids is 4. The van der Waals surface area contributed by atoms with Gasteiger partial charge in [-0.3, -0.25) is 29.4 Å². The number of nitro groups is 1. The number of benzene rings is 1. The predicted molar refractivity (Wildman–Crippen MR) is 143 cm³/mol. The first kappa shape index (κ1) is 35.1. The minimum absolute atomic E-state index is 0. The topological polar surface area (TPSA) is 204 Å². The van der Waals surface area contributed by atoms with Gasteiger partial charge in [0.1, 0.15) is 12.4 Å². The molecule has 1 unspecified atom stereocenters. The van der Waals surface area contributed by atoms with E-state index in [0.29, 0.717) is 39.1 Å². The second-order valence-corrected chi connectivity index (χ2v) is 9.13. The molecule has 0 saturated carbocycles. The Morgan fingerprint density at radius 2 is 1.59 bits per heavy atom. The number of non-ortho nitro benzene ring substituents is 1. The molecule has 228 valence electrons. The average molecular weight is 584 g/mol. The summed E-state index contributed by atoms with van der Waals surface area (Å²) >= 11 is 0. The fraction of sp³-hybridized carbons (Fsp3) is 0.538. The van der Waals surface area contributed by atoms with Crippen LogP contribution < -0.4 is 10.1 Å². The van der Waals surface area contributed by atoms with Gasteiger partial charge in [-0.1, -0.05) is 6.42 Å². The molecule has 15 heteroatoms. The average Bonchev–Trinajstić information content (AvgIpc) is 3.24. The van der Waals surface area contributed by atoms with Crippen molar-refractivity contribution in [1.29, 1.82) is 0 Å². The molecule has 0 bridgehead atoms. The lowest BCUT2D eigenvalue weighted by Crippen LogP contribution is -2.53. The van der Waals surface area contributed by atoms with Crippen LogP contribution in [0.2, 0.25) is 0 Å². The maximum absolute atomic E-state index is 12.7. The molecule has 1 aromatic rings. The third-order valence-electron chi connectivity index (χ3n) is 5.61. The van der Waals surface area contributed by atoms with Crippen LogP contribution in [-0.2, 0) is 33.3 Å². The Kier molecular flexibility index (Phi) is 15.8. The standard InChI is InChI=1S/C26H35N3O11.H2O/c1-26(18-38-17-16-37-15-14-36-2,19-39-25(33)40-21-9-7-20(8-10-21)29(34)35)27-22(30)6-4-3-5-13-28-23(31)11-12-24(28)32;/h7-12H,3-6,13-19H2,1-2H3,(H,27,30);1H2. The summed E-state index contributed by atoms with van der Waals surface area (Å²) in [5.41, 5.74) is -1.26. The van der Waals surface area contributed by atoms with Crippen LogP contribution in [0.1, 0.15) is 32.6 Å². The number of imide groups is 1. The maximum Gasteiger partial charge on any atom is 0.513 e. The van der Waals surface area contributed by atoms with E-state index in [9.17, 15) is 29.3 Å². The number of hydrogen-bond acceptors (Lipinski definition) is 11. The third kappa shape index (κ3) is 13.3. The van der Waals surface area contributed by atoms with Crippen LogP contribution in [0.4, 0.5) is 10.5 Å². The van der Waals surface area contributed by atoms with Gasteiger partial charge in [0.15, 0.2) is 0 Å². The lowest BCUT2D eigenvalue weighted by Gasteiger charge is -2.30. The Balaban J connectivity index is 0.00000840. The number of nitrogens with one attached hydrogen (secondary N) is 1. The normalized spacial score (nSPS) is 13.9. The minimum Gasteiger partial charge on any atom is -0.431 e. The van der Waals surface area contributed by atoms with Crippen molar-refractivity contribution in [3.05, 3.63) is 46.5 Å². The molecule has 1 heterocycles. The summed E-state index contributed by atoms with van der Waals surface area (Å²) in [7, 11) is 1.56. The first-order chi connectivity index (χ1) is 19.1. The second-order valence-electron chi connectivity index (χ2n) is 9.13. The number of unbranched alkanes of at least 4 members (excludes halogenated alkanes) is 2. The first-order valence-corrected chi connectivity index (χ1v) is 12.7. The largest absolute Gasteiger partial charge is 0.513 e. The van der Waals surface area contributed by atoms with Gasteiger partial charge in [0.2, 0.25) is 5.91 Å². The lowest BCUT2D eigenvalue weighted by molar-refractivity contribution is -0.384. The van der Waals surface area contributed by atoms with E-state index in [4.69, 9.17) is 23.7 Å². The van der Waals surface area contributed by atoms with Gasteiger partial charge in [0.25, 0.3) is 17.5 Å². The van der Waals surface area contributed by atoms with Crippen molar-refractivity contribution in [2.45, 2.75) is 38.1 Å². The van der Waals surface area contributed by atoms with E-state index in [2.05, 4.69) is 5.32 Å². The van der Waals surface area contributed by atoms with Gasteiger partial charge in [-0.15, -0.1) is 0 Å². The summed E-state index contributed by atoms with van der Waals surface area (Å²) in [5.74, 6) is -0.923. The van der Waals surface area contributed by atoms with Crippen molar-refractivity contribution in [2.24, 2.45) is 0 Å². The number of nitrogens with zero attached hydrogens (tertiary/aromatic N) is 2. The van der Waals surface area contributed by atoms with Crippen LogP contribution in [0.5, 0.6) is 5.75 Å². The van der Waals surface area contributed by atoms with Crippen LogP contribution in [0.25, 0.3) is 0 Å². The number of amides is 3. The Bertz CT molecular complexity index is 1030. The number of rotatable bonds is 19. The molecule has 0 saturated heterocycles. The van der Waals surface area contributed by atoms with Gasteiger partial charge in [-0.25, -0.2) is 4.79 Å². The van der Waals surface area contributed by atoms with Crippen molar-refractivity contribution in [3.63, 3.8) is 0 Å². The zero-order valence-electron chi connectivity index (χ0n) is 23.1. The molecule has 0 aromatic heterocycles. The van der Waals surface area contributed by atoms with Gasteiger partial charge in [-0.2, -0.15) is 0 Å². The zero-order valence-corrected chi connectivity index (χ0v) is 23.1. The zero-order chi connectivity index (χ0) is 29.4. The van der Waals surface area contributed by atoms with Crippen molar-refractivity contribution in [3.8, 4) is 5.75 Å². The molecule has 0 spiro atoms. The number of nitro benzene ring substituents is 1. The number of ether oxygens (including phenoxy) is 5. The van der Waals surface area contributed by atoms with Gasteiger partial charge in [0.05, 0.1) is 43.5 Å².